The van der Waals surface area contributed by atoms with Crippen LogP contribution < -0.4 is 0 Å². The molecule has 0 bridgehead atoms. The normalized spacial score (nSPS) is 10.9. The molecule has 0 saturated carbocycles. The molecule has 0 aliphatic carbocycles. The van der Waals surface area contributed by atoms with Gasteiger partial charge in [0.2, 0.25) is 0 Å². The van der Waals surface area contributed by atoms with Gasteiger partial charge in [0.15, 0.2) is 0 Å². The molecule has 1 rings (SSSR count). The maximum absolute atomic E-state index is 10.1. The topological polar surface area (TPSA) is 95.1 Å². The highest BCUT2D eigenvalue weighted by atomic mass is 32.2. The predicted octanol–water partition coefficient (Wildman–Crippen LogP) is 6.24. The second-order valence-electron chi connectivity index (χ2n) is 8.13. The Balaban J connectivity index is 0. The van der Waals surface area contributed by atoms with Crippen molar-refractivity contribution >= 4 is 10.1 Å². The van der Waals surface area contributed by atoms with Crippen LogP contribution in [-0.2, 0) is 21.3 Å². The molecule has 0 heterocycles. The second-order valence-corrected chi connectivity index (χ2v) is 9.70. The summed E-state index contributed by atoms with van der Waals surface area (Å²) >= 11 is 0. The molecule has 0 unspecified atom stereocenters. The van der Waals surface area contributed by atoms with Crippen molar-refractivity contribution in [1.82, 2.24) is 0 Å². The number of rotatable bonds is 16. The Kier molecular flexibility index (Phi) is 21.8. The van der Waals surface area contributed by atoms with E-state index >= 15 is 0 Å². The minimum Gasteiger partial charge on any atom is -0.412 e. The number of hydrogen-bond donors (Lipinski definition) is 1. The molecule has 0 spiro atoms. The molecule has 0 atom stereocenters. The quantitative estimate of drug-likeness (QED) is 0.233. The average molecular weight is 461 g/mol. The Hall–Kier alpha value is -0.950. The van der Waals surface area contributed by atoms with Crippen molar-refractivity contribution in [2.24, 2.45) is 0 Å². The minimum atomic E-state index is -3.78. The van der Waals surface area contributed by atoms with E-state index in [2.05, 4.69) is 39.0 Å². The summed E-state index contributed by atoms with van der Waals surface area (Å²) in [5.41, 5.74) is 4.50. The van der Waals surface area contributed by atoms with Gasteiger partial charge in [0.1, 0.15) is 0 Å². The summed E-state index contributed by atoms with van der Waals surface area (Å²) < 4.78 is 33.3. The number of ether oxygens (including phenoxy) is 1. The maximum Gasteiger partial charge on any atom is 0.264 e. The lowest BCUT2D eigenvalue weighted by molar-refractivity contribution is 0.148. The predicted molar refractivity (Wildman–Crippen MR) is 133 cm³/mol. The molecule has 0 fully saturated rings. The first kappa shape index (κ1) is 32.2. The zero-order valence-electron chi connectivity index (χ0n) is 20.4. The van der Waals surface area contributed by atoms with Gasteiger partial charge in [-0.25, -0.2) is 0 Å². The Morgan fingerprint density at radius 1 is 0.839 bits per heavy atom. The molecule has 1 aromatic rings. The Morgan fingerprint density at radius 2 is 1.39 bits per heavy atom. The molecule has 3 N–H and O–H groups in total. The summed E-state index contributed by atoms with van der Waals surface area (Å²) in [5.74, 6) is -0.215. The molecule has 0 amide bonds. The molecule has 0 radical (unpaired) electrons. The van der Waals surface area contributed by atoms with Crippen LogP contribution >= 0.6 is 0 Å². The van der Waals surface area contributed by atoms with Crippen LogP contribution in [0.15, 0.2) is 18.2 Å². The molecule has 0 saturated heterocycles. The van der Waals surface area contributed by atoms with E-state index in [1.165, 1.54) is 81.8 Å². The fourth-order valence-electron chi connectivity index (χ4n) is 3.37. The second kappa shape index (κ2) is 20.9. The Labute approximate surface area is 192 Å². The molecule has 0 aromatic heterocycles. The highest BCUT2D eigenvalue weighted by Crippen LogP contribution is 2.16. The maximum atomic E-state index is 10.1. The summed E-state index contributed by atoms with van der Waals surface area (Å²) in [6.07, 6.45) is 15.9. The third-order valence-electron chi connectivity index (χ3n) is 5.41. The first-order valence-electron chi connectivity index (χ1n) is 11.9. The molecule has 1 aromatic carbocycles. The zero-order chi connectivity index (χ0) is 22.7. The van der Waals surface area contributed by atoms with Crippen LogP contribution in [0.3, 0.4) is 0 Å². The van der Waals surface area contributed by atoms with E-state index in [1.54, 1.807) is 5.56 Å². The molecular formula is C25H48O5S. The third-order valence-corrected chi connectivity index (χ3v) is 6.22. The smallest absolute Gasteiger partial charge is 0.264 e. The summed E-state index contributed by atoms with van der Waals surface area (Å²) in [4.78, 5) is 0. The third kappa shape index (κ3) is 20.7. The van der Waals surface area contributed by atoms with Gasteiger partial charge in [0, 0.05) is 13.2 Å². The monoisotopic (exact) mass is 460 g/mol. The van der Waals surface area contributed by atoms with E-state index in [9.17, 15) is 8.42 Å². The van der Waals surface area contributed by atoms with Gasteiger partial charge < -0.3 is 10.2 Å². The fraction of sp³-hybridized carbons (Fsp3) is 0.760. The minimum absolute atomic E-state index is 0. The highest BCUT2D eigenvalue weighted by Gasteiger charge is 2.02. The van der Waals surface area contributed by atoms with Crippen LogP contribution in [0.5, 0.6) is 0 Å². The Morgan fingerprint density at radius 3 is 1.90 bits per heavy atom. The van der Waals surface area contributed by atoms with Crippen LogP contribution in [0.25, 0.3) is 0 Å². The van der Waals surface area contributed by atoms with Gasteiger partial charge in [-0.3, -0.25) is 4.55 Å². The van der Waals surface area contributed by atoms with Crippen molar-refractivity contribution in [2.45, 2.75) is 105 Å². The van der Waals surface area contributed by atoms with Crippen molar-refractivity contribution < 1.29 is 23.2 Å². The van der Waals surface area contributed by atoms with Gasteiger partial charge in [0.25, 0.3) is 10.1 Å². The van der Waals surface area contributed by atoms with Crippen LogP contribution in [0.1, 0.15) is 101 Å². The van der Waals surface area contributed by atoms with Gasteiger partial charge in [0.05, 0.1) is 5.75 Å². The molecule has 31 heavy (non-hydrogen) atoms. The van der Waals surface area contributed by atoms with Gasteiger partial charge in [-0.2, -0.15) is 8.42 Å². The SMILES string of the molecule is CCCCCCCCCCCCc1cccc(C)c1C.CCOCCCS(=O)(=O)O.O. The van der Waals surface area contributed by atoms with Crippen LogP contribution in [0, 0.1) is 13.8 Å². The largest absolute Gasteiger partial charge is 0.412 e. The van der Waals surface area contributed by atoms with Crippen molar-refractivity contribution in [3.8, 4) is 0 Å². The van der Waals surface area contributed by atoms with Crippen molar-refractivity contribution in [1.29, 1.82) is 0 Å². The zero-order valence-corrected chi connectivity index (χ0v) is 21.2. The molecule has 0 aliphatic heterocycles. The standard InChI is InChI=1S/C20H34.C5H12O4S.H2O/c1-4-5-6-7-8-9-10-11-12-13-16-20-17-14-15-18(2)19(20)3;1-2-9-4-3-5-10(6,7)8;/h14-15,17H,4-13,16H2,1-3H3;2-5H2,1H3,(H,6,7,8);1H2. The number of benzene rings is 1. The van der Waals surface area contributed by atoms with Crippen LogP contribution in [0.4, 0.5) is 0 Å². The van der Waals surface area contributed by atoms with E-state index in [4.69, 9.17) is 9.29 Å². The van der Waals surface area contributed by atoms with E-state index in [0.29, 0.717) is 19.6 Å². The molecule has 0 aliphatic rings. The summed E-state index contributed by atoms with van der Waals surface area (Å²) in [7, 11) is -3.78. The van der Waals surface area contributed by atoms with Crippen molar-refractivity contribution in [2.75, 3.05) is 19.0 Å². The average Bonchev–Trinajstić information content (AvgIpc) is 2.69. The van der Waals surface area contributed by atoms with E-state index in [-0.39, 0.29) is 11.2 Å². The van der Waals surface area contributed by atoms with Gasteiger partial charge in [-0.1, -0.05) is 82.9 Å². The highest BCUT2D eigenvalue weighted by molar-refractivity contribution is 7.85. The first-order chi connectivity index (χ1) is 14.3. The van der Waals surface area contributed by atoms with Crippen LogP contribution in [0.2, 0.25) is 0 Å². The molecular weight excluding hydrogens is 412 g/mol. The lowest BCUT2D eigenvalue weighted by Gasteiger charge is -2.08. The van der Waals surface area contributed by atoms with E-state index in [1.807, 2.05) is 6.92 Å². The summed E-state index contributed by atoms with van der Waals surface area (Å²) in [6.45, 7) is 9.56. The Bertz CT molecular complexity index is 629. The summed E-state index contributed by atoms with van der Waals surface area (Å²) in [6, 6.07) is 6.72. The molecule has 5 nitrogen and oxygen atoms in total. The first-order valence-corrected chi connectivity index (χ1v) is 13.5. The summed E-state index contributed by atoms with van der Waals surface area (Å²) in [5, 5.41) is 0. The van der Waals surface area contributed by atoms with Crippen molar-refractivity contribution in [3.63, 3.8) is 0 Å². The van der Waals surface area contributed by atoms with Gasteiger partial charge >= 0.3 is 0 Å². The van der Waals surface area contributed by atoms with Gasteiger partial charge in [-0.05, 0) is 56.7 Å². The number of hydrogen-bond acceptors (Lipinski definition) is 3. The number of unbranched alkanes of at least 4 members (excludes halogenated alkanes) is 9. The van der Waals surface area contributed by atoms with E-state index in [0.717, 1.165) is 0 Å². The lowest BCUT2D eigenvalue weighted by Crippen LogP contribution is -2.06. The lowest BCUT2D eigenvalue weighted by atomic mass is 9.98. The molecule has 184 valence electrons. The van der Waals surface area contributed by atoms with E-state index < -0.39 is 10.1 Å². The van der Waals surface area contributed by atoms with Crippen LogP contribution in [-0.4, -0.2) is 37.4 Å². The number of aryl methyl sites for hydroxylation is 2. The fourth-order valence-corrected chi connectivity index (χ4v) is 3.86. The van der Waals surface area contributed by atoms with Crippen molar-refractivity contribution in [3.05, 3.63) is 34.9 Å². The molecule has 6 heteroatoms. The van der Waals surface area contributed by atoms with Gasteiger partial charge in [-0.15, -0.1) is 0 Å².